The summed E-state index contributed by atoms with van der Waals surface area (Å²) in [6, 6.07) is 3.86. The highest BCUT2D eigenvalue weighted by atomic mass is 32.2. The van der Waals surface area contributed by atoms with Crippen molar-refractivity contribution >= 4 is 21.7 Å². The largest absolute Gasteiger partial charge is 0.478 e. The Balaban J connectivity index is 2.41. The van der Waals surface area contributed by atoms with E-state index < -0.39 is 16.0 Å². The topological polar surface area (TPSA) is 101 Å². The number of benzene rings is 1. The summed E-state index contributed by atoms with van der Waals surface area (Å²) in [7, 11) is -3.85. The zero-order chi connectivity index (χ0) is 15.6. The molecule has 0 unspecified atom stereocenters. The molecule has 0 atom stereocenters. The van der Waals surface area contributed by atoms with Crippen molar-refractivity contribution in [3.63, 3.8) is 0 Å². The number of hydrogen-bond donors (Lipinski definition) is 2. The van der Waals surface area contributed by atoms with E-state index in [0.717, 1.165) is 19.3 Å². The SMILES string of the molecule is CCN(CC1CCC1)S(=O)(=O)c1cc(N)ccc1C(=O)O. The zero-order valence-electron chi connectivity index (χ0n) is 11.9. The first kappa shape index (κ1) is 15.8. The maximum atomic E-state index is 12.7. The highest BCUT2D eigenvalue weighted by molar-refractivity contribution is 7.89. The van der Waals surface area contributed by atoms with Gasteiger partial charge in [0.1, 0.15) is 0 Å². The molecule has 1 aromatic rings. The molecule has 116 valence electrons. The van der Waals surface area contributed by atoms with E-state index in [0.29, 0.717) is 19.0 Å². The smallest absolute Gasteiger partial charge is 0.337 e. The Morgan fingerprint density at radius 1 is 1.43 bits per heavy atom. The van der Waals surface area contributed by atoms with Gasteiger partial charge in [-0.05, 0) is 37.0 Å². The molecule has 0 aliphatic heterocycles. The first-order valence-corrected chi connectivity index (χ1v) is 8.43. The number of aromatic carboxylic acids is 1. The van der Waals surface area contributed by atoms with E-state index in [1.54, 1.807) is 6.92 Å². The minimum Gasteiger partial charge on any atom is -0.478 e. The van der Waals surface area contributed by atoms with Crippen LogP contribution < -0.4 is 5.73 Å². The van der Waals surface area contributed by atoms with Gasteiger partial charge in [-0.2, -0.15) is 4.31 Å². The number of sulfonamides is 1. The van der Waals surface area contributed by atoms with Gasteiger partial charge in [-0.25, -0.2) is 13.2 Å². The van der Waals surface area contributed by atoms with Crippen molar-refractivity contribution < 1.29 is 18.3 Å². The fraction of sp³-hybridized carbons (Fsp3) is 0.500. The molecule has 0 spiro atoms. The van der Waals surface area contributed by atoms with Crippen LogP contribution in [0.15, 0.2) is 23.1 Å². The molecular formula is C14H20N2O4S. The lowest BCUT2D eigenvalue weighted by atomic mass is 9.85. The summed E-state index contributed by atoms with van der Waals surface area (Å²) in [5, 5.41) is 9.19. The molecule has 1 aliphatic carbocycles. The lowest BCUT2D eigenvalue weighted by Crippen LogP contribution is -2.37. The Morgan fingerprint density at radius 2 is 2.10 bits per heavy atom. The molecule has 0 heterocycles. The van der Waals surface area contributed by atoms with Gasteiger partial charge in [0.15, 0.2) is 0 Å². The van der Waals surface area contributed by atoms with Gasteiger partial charge in [0.25, 0.3) is 0 Å². The van der Waals surface area contributed by atoms with E-state index in [1.165, 1.54) is 22.5 Å². The molecule has 7 heteroatoms. The maximum absolute atomic E-state index is 12.7. The molecule has 1 saturated carbocycles. The number of carbonyl (C=O) groups is 1. The van der Waals surface area contributed by atoms with Crippen LogP contribution in [0.4, 0.5) is 5.69 Å². The van der Waals surface area contributed by atoms with Crippen molar-refractivity contribution in [2.75, 3.05) is 18.8 Å². The summed E-state index contributed by atoms with van der Waals surface area (Å²) in [6.45, 7) is 2.50. The van der Waals surface area contributed by atoms with Crippen LogP contribution in [0, 0.1) is 5.92 Å². The van der Waals surface area contributed by atoms with Gasteiger partial charge in [0, 0.05) is 18.8 Å². The van der Waals surface area contributed by atoms with Crippen molar-refractivity contribution in [2.45, 2.75) is 31.1 Å². The molecule has 1 aliphatic rings. The standard InChI is InChI=1S/C14H20N2O4S/c1-2-16(9-10-4-3-5-10)21(19,20)13-8-11(15)6-7-12(13)14(17)18/h6-8,10H,2-5,9,15H2,1H3,(H,17,18). The van der Waals surface area contributed by atoms with Crippen molar-refractivity contribution in [1.29, 1.82) is 0 Å². The fourth-order valence-corrected chi connectivity index (χ4v) is 4.17. The summed E-state index contributed by atoms with van der Waals surface area (Å²) in [5.74, 6) is -0.901. The van der Waals surface area contributed by atoms with E-state index in [9.17, 15) is 18.3 Å². The van der Waals surface area contributed by atoms with Crippen LogP contribution >= 0.6 is 0 Å². The fourth-order valence-electron chi connectivity index (χ4n) is 2.43. The summed E-state index contributed by atoms with van der Waals surface area (Å²) in [6.07, 6.45) is 3.17. The number of anilines is 1. The second kappa shape index (κ2) is 6.03. The Hall–Kier alpha value is -1.60. The van der Waals surface area contributed by atoms with Crippen molar-refractivity contribution in [2.24, 2.45) is 5.92 Å². The Bertz CT molecular complexity index is 638. The van der Waals surface area contributed by atoms with E-state index in [-0.39, 0.29) is 16.1 Å². The van der Waals surface area contributed by atoms with Gasteiger partial charge in [-0.3, -0.25) is 0 Å². The minimum atomic E-state index is -3.85. The van der Waals surface area contributed by atoms with Crippen LogP contribution in [0.3, 0.4) is 0 Å². The van der Waals surface area contributed by atoms with Gasteiger partial charge in [-0.15, -0.1) is 0 Å². The molecule has 2 rings (SSSR count). The van der Waals surface area contributed by atoms with E-state index in [1.807, 2.05) is 0 Å². The molecule has 6 nitrogen and oxygen atoms in total. The highest BCUT2D eigenvalue weighted by Crippen LogP contribution is 2.30. The average Bonchev–Trinajstić information content (AvgIpc) is 2.36. The van der Waals surface area contributed by atoms with Gasteiger partial charge in [0.2, 0.25) is 10.0 Å². The molecule has 0 saturated heterocycles. The highest BCUT2D eigenvalue weighted by Gasteiger charge is 2.31. The van der Waals surface area contributed by atoms with Gasteiger partial charge in [-0.1, -0.05) is 13.3 Å². The second-order valence-electron chi connectivity index (χ2n) is 5.31. The average molecular weight is 312 g/mol. The third-order valence-corrected chi connectivity index (χ3v) is 5.87. The lowest BCUT2D eigenvalue weighted by molar-refractivity contribution is 0.0692. The first-order valence-electron chi connectivity index (χ1n) is 6.99. The predicted octanol–water partition coefficient (Wildman–Crippen LogP) is 1.78. The number of hydrogen-bond acceptors (Lipinski definition) is 4. The van der Waals surface area contributed by atoms with Crippen LogP contribution in [-0.2, 0) is 10.0 Å². The summed E-state index contributed by atoms with van der Waals surface area (Å²) in [4.78, 5) is 11.0. The zero-order valence-corrected chi connectivity index (χ0v) is 12.8. The molecule has 1 aromatic carbocycles. The first-order chi connectivity index (χ1) is 9.86. The molecule has 21 heavy (non-hydrogen) atoms. The number of nitrogens with zero attached hydrogens (tertiary/aromatic N) is 1. The number of nitrogens with two attached hydrogens (primary N) is 1. The summed E-state index contributed by atoms with van der Waals surface area (Å²) < 4.78 is 26.8. The van der Waals surface area contributed by atoms with Crippen LogP contribution in [0.2, 0.25) is 0 Å². The second-order valence-corrected chi connectivity index (χ2v) is 7.22. The van der Waals surface area contributed by atoms with Gasteiger partial charge >= 0.3 is 5.97 Å². The number of carboxylic acids is 1. The van der Waals surface area contributed by atoms with Gasteiger partial charge < -0.3 is 10.8 Å². The van der Waals surface area contributed by atoms with E-state index in [4.69, 9.17) is 5.73 Å². The third-order valence-electron chi connectivity index (χ3n) is 3.89. The summed E-state index contributed by atoms with van der Waals surface area (Å²) in [5.41, 5.74) is 5.62. The van der Waals surface area contributed by atoms with E-state index in [2.05, 4.69) is 0 Å². The number of nitrogen functional groups attached to an aromatic ring is 1. The molecule has 3 N–H and O–H groups in total. The Labute approximate surface area is 124 Å². The monoisotopic (exact) mass is 312 g/mol. The molecule has 0 amide bonds. The summed E-state index contributed by atoms with van der Waals surface area (Å²) >= 11 is 0. The third kappa shape index (κ3) is 3.19. The van der Waals surface area contributed by atoms with Crippen molar-refractivity contribution in [3.8, 4) is 0 Å². The number of carboxylic acid groups (broad SMARTS) is 1. The number of rotatable bonds is 6. The normalized spacial score (nSPS) is 15.9. The van der Waals surface area contributed by atoms with E-state index >= 15 is 0 Å². The Morgan fingerprint density at radius 3 is 2.57 bits per heavy atom. The Kier molecular flexibility index (Phi) is 4.53. The molecule has 0 radical (unpaired) electrons. The van der Waals surface area contributed by atoms with Gasteiger partial charge in [0.05, 0.1) is 10.5 Å². The van der Waals surface area contributed by atoms with Crippen LogP contribution in [0.1, 0.15) is 36.5 Å². The molecule has 0 bridgehead atoms. The lowest BCUT2D eigenvalue weighted by Gasteiger charge is -2.31. The predicted molar refractivity (Wildman–Crippen MR) is 79.6 cm³/mol. The molecule has 1 fully saturated rings. The molecular weight excluding hydrogens is 292 g/mol. The minimum absolute atomic E-state index is 0.226. The quantitative estimate of drug-likeness (QED) is 0.780. The molecule has 0 aromatic heterocycles. The van der Waals surface area contributed by atoms with Crippen LogP contribution in [-0.4, -0.2) is 36.9 Å². The van der Waals surface area contributed by atoms with Crippen molar-refractivity contribution in [1.82, 2.24) is 4.31 Å². The maximum Gasteiger partial charge on any atom is 0.337 e. The van der Waals surface area contributed by atoms with Crippen molar-refractivity contribution in [3.05, 3.63) is 23.8 Å². The van der Waals surface area contributed by atoms with Crippen LogP contribution in [0.5, 0.6) is 0 Å². The van der Waals surface area contributed by atoms with Crippen LogP contribution in [0.25, 0.3) is 0 Å².